The molecule has 0 radical (unpaired) electrons. The topological polar surface area (TPSA) is 75.7 Å². The summed E-state index contributed by atoms with van der Waals surface area (Å²) in [6.07, 6.45) is 1.32. The zero-order valence-electron chi connectivity index (χ0n) is 16.8. The number of anilines is 2. The molecule has 31 heavy (non-hydrogen) atoms. The van der Waals surface area contributed by atoms with E-state index < -0.39 is 21.7 Å². The molecule has 3 aromatic carbocycles. The van der Waals surface area contributed by atoms with Crippen LogP contribution in [0.15, 0.2) is 71.6 Å². The van der Waals surface area contributed by atoms with Gasteiger partial charge in [-0.1, -0.05) is 12.1 Å². The summed E-state index contributed by atoms with van der Waals surface area (Å²) >= 11 is 0. The van der Waals surface area contributed by atoms with E-state index in [1.807, 2.05) is 0 Å². The Kier molecular flexibility index (Phi) is 5.65. The maximum atomic E-state index is 13.9. The fourth-order valence-electron chi connectivity index (χ4n) is 3.61. The van der Waals surface area contributed by atoms with Crippen molar-refractivity contribution < 1.29 is 22.3 Å². The van der Waals surface area contributed by atoms with Crippen molar-refractivity contribution in [1.82, 2.24) is 0 Å². The van der Waals surface area contributed by atoms with Gasteiger partial charge in [0.2, 0.25) is 0 Å². The van der Waals surface area contributed by atoms with Crippen molar-refractivity contribution in [3.8, 4) is 5.75 Å². The second-order valence-corrected chi connectivity index (χ2v) is 9.00. The third-order valence-electron chi connectivity index (χ3n) is 5.18. The minimum Gasteiger partial charge on any atom is -0.497 e. The largest absolute Gasteiger partial charge is 0.497 e. The molecule has 1 aliphatic rings. The van der Waals surface area contributed by atoms with E-state index in [-0.39, 0.29) is 10.5 Å². The molecule has 6 nitrogen and oxygen atoms in total. The summed E-state index contributed by atoms with van der Waals surface area (Å²) in [6, 6.07) is 17.0. The number of methoxy groups -OCH3 is 1. The van der Waals surface area contributed by atoms with Crippen LogP contribution in [0, 0.1) is 5.82 Å². The van der Waals surface area contributed by atoms with Crippen LogP contribution in [0.5, 0.6) is 5.75 Å². The maximum Gasteiger partial charge on any atom is 0.264 e. The van der Waals surface area contributed by atoms with Crippen LogP contribution in [0.3, 0.4) is 0 Å². The molecule has 1 N–H and O–H groups in total. The van der Waals surface area contributed by atoms with Gasteiger partial charge in [0, 0.05) is 12.2 Å². The van der Waals surface area contributed by atoms with Crippen molar-refractivity contribution in [2.45, 2.75) is 17.7 Å². The molecule has 0 unspecified atom stereocenters. The average Bonchev–Trinajstić information content (AvgIpc) is 2.78. The second-order valence-electron chi connectivity index (χ2n) is 7.13. The van der Waals surface area contributed by atoms with E-state index in [4.69, 9.17) is 4.74 Å². The Hall–Kier alpha value is -3.39. The molecule has 0 bridgehead atoms. The summed E-state index contributed by atoms with van der Waals surface area (Å²) in [4.78, 5) is 12.6. The normalized spacial score (nSPS) is 13.4. The lowest BCUT2D eigenvalue weighted by Crippen LogP contribution is -2.35. The number of fused-ring (bicyclic) bond motifs is 1. The average molecular weight is 440 g/mol. The molecular weight excluding hydrogens is 419 g/mol. The molecule has 0 spiro atoms. The molecule has 1 aliphatic heterocycles. The number of aryl methyl sites for hydroxylation is 1. The molecule has 0 saturated heterocycles. The van der Waals surface area contributed by atoms with E-state index in [9.17, 15) is 17.6 Å². The smallest absolute Gasteiger partial charge is 0.264 e. The van der Waals surface area contributed by atoms with Crippen LogP contribution in [0.1, 0.15) is 22.3 Å². The highest BCUT2D eigenvalue weighted by Crippen LogP contribution is 2.34. The minimum atomic E-state index is -3.74. The fraction of sp³-hybridized carbons (Fsp3) is 0.174. The first-order valence-corrected chi connectivity index (χ1v) is 11.2. The van der Waals surface area contributed by atoms with E-state index in [0.717, 1.165) is 5.56 Å². The van der Waals surface area contributed by atoms with Gasteiger partial charge in [-0.25, -0.2) is 12.8 Å². The van der Waals surface area contributed by atoms with Crippen LogP contribution in [-0.2, 0) is 16.4 Å². The summed E-state index contributed by atoms with van der Waals surface area (Å²) in [6.45, 7) is 0.363. The Morgan fingerprint density at radius 3 is 2.52 bits per heavy atom. The van der Waals surface area contributed by atoms with E-state index in [2.05, 4.69) is 5.32 Å². The lowest BCUT2D eigenvalue weighted by Gasteiger charge is -2.31. The van der Waals surface area contributed by atoms with Gasteiger partial charge in [0.05, 0.1) is 23.3 Å². The molecule has 8 heteroatoms. The van der Waals surface area contributed by atoms with Crippen LogP contribution in [0.4, 0.5) is 15.8 Å². The van der Waals surface area contributed by atoms with E-state index in [0.29, 0.717) is 36.5 Å². The number of hydrogen-bond acceptors (Lipinski definition) is 4. The monoisotopic (exact) mass is 440 g/mol. The van der Waals surface area contributed by atoms with Crippen molar-refractivity contribution >= 4 is 27.3 Å². The molecule has 0 aliphatic carbocycles. The van der Waals surface area contributed by atoms with Gasteiger partial charge in [-0.05, 0) is 73.0 Å². The third-order valence-corrected chi connectivity index (χ3v) is 7.01. The van der Waals surface area contributed by atoms with Crippen molar-refractivity contribution in [2.24, 2.45) is 0 Å². The van der Waals surface area contributed by atoms with Crippen molar-refractivity contribution in [3.05, 3.63) is 83.7 Å². The fourth-order valence-corrected chi connectivity index (χ4v) is 5.15. The van der Waals surface area contributed by atoms with Gasteiger partial charge in [0.15, 0.2) is 0 Å². The number of sulfonamides is 1. The van der Waals surface area contributed by atoms with Gasteiger partial charge in [-0.15, -0.1) is 0 Å². The number of halogens is 1. The number of amides is 1. The lowest BCUT2D eigenvalue weighted by molar-refractivity contribution is 0.102. The zero-order valence-corrected chi connectivity index (χ0v) is 17.7. The lowest BCUT2D eigenvalue weighted by atomic mass is 10.0. The Balaban J connectivity index is 1.61. The molecule has 0 atom stereocenters. The molecule has 1 heterocycles. The molecule has 160 valence electrons. The number of ether oxygens (including phenoxy) is 1. The minimum absolute atomic E-state index is 0.0519. The summed E-state index contributed by atoms with van der Waals surface area (Å²) in [5, 5.41) is 2.69. The van der Waals surface area contributed by atoms with E-state index >= 15 is 0 Å². The first-order chi connectivity index (χ1) is 14.9. The SMILES string of the molecule is COc1ccc(S(=O)(=O)N2CCCc3cc(NC(=O)c4ccccc4F)ccc32)cc1. The zero-order chi connectivity index (χ0) is 22.0. The molecule has 0 fully saturated rings. The quantitative estimate of drug-likeness (QED) is 0.644. The van der Waals surface area contributed by atoms with Gasteiger partial charge in [0.1, 0.15) is 11.6 Å². The van der Waals surface area contributed by atoms with Crippen LogP contribution in [-0.4, -0.2) is 28.0 Å². The van der Waals surface area contributed by atoms with Gasteiger partial charge in [-0.2, -0.15) is 0 Å². The van der Waals surface area contributed by atoms with Crippen LogP contribution >= 0.6 is 0 Å². The number of carbonyl (C=O) groups excluding carboxylic acids is 1. The summed E-state index contributed by atoms with van der Waals surface area (Å²) in [5.41, 5.74) is 1.81. The second kappa shape index (κ2) is 8.39. The third kappa shape index (κ3) is 4.11. The predicted molar refractivity (Wildman–Crippen MR) is 117 cm³/mol. The van der Waals surface area contributed by atoms with Crippen LogP contribution < -0.4 is 14.4 Å². The number of carbonyl (C=O) groups is 1. The number of benzene rings is 3. The number of rotatable bonds is 5. The first kappa shape index (κ1) is 20.9. The van der Waals surface area contributed by atoms with Gasteiger partial charge < -0.3 is 10.1 Å². The van der Waals surface area contributed by atoms with Crippen LogP contribution in [0.2, 0.25) is 0 Å². The number of hydrogen-bond donors (Lipinski definition) is 1. The van der Waals surface area contributed by atoms with Crippen molar-refractivity contribution in [3.63, 3.8) is 0 Å². The van der Waals surface area contributed by atoms with Crippen LogP contribution in [0.25, 0.3) is 0 Å². The highest BCUT2D eigenvalue weighted by Gasteiger charge is 2.29. The van der Waals surface area contributed by atoms with Gasteiger partial charge >= 0.3 is 0 Å². The maximum absolute atomic E-state index is 13.9. The molecule has 4 rings (SSSR count). The van der Waals surface area contributed by atoms with E-state index in [1.165, 1.54) is 41.7 Å². The predicted octanol–water partition coefficient (Wildman–Crippen LogP) is 4.23. The first-order valence-electron chi connectivity index (χ1n) is 9.76. The number of nitrogens with one attached hydrogen (secondary N) is 1. The summed E-state index contributed by atoms with van der Waals surface area (Å²) < 4.78 is 46.8. The summed E-state index contributed by atoms with van der Waals surface area (Å²) in [5.74, 6) is -0.584. The van der Waals surface area contributed by atoms with Gasteiger partial charge in [-0.3, -0.25) is 9.10 Å². The Labute approximate surface area is 180 Å². The summed E-state index contributed by atoms with van der Waals surface area (Å²) in [7, 11) is -2.22. The Bertz CT molecular complexity index is 1230. The molecule has 1 amide bonds. The molecule has 0 saturated carbocycles. The van der Waals surface area contributed by atoms with Gasteiger partial charge in [0.25, 0.3) is 15.9 Å². The van der Waals surface area contributed by atoms with Crippen molar-refractivity contribution in [2.75, 3.05) is 23.3 Å². The highest BCUT2D eigenvalue weighted by atomic mass is 32.2. The van der Waals surface area contributed by atoms with Crippen molar-refractivity contribution in [1.29, 1.82) is 0 Å². The number of nitrogens with zero attached hydrogens (tertiary/aromatic N) is 1. The Morgan fingerprint density at radius 1 is 1.06 bits per heavy atom. The molecule has 0 aromatic heterocycles. The van der Waals surface area contributed by atoms with E-state index in [1.54, 1.807) is 36.4 Å². The standard InChI is InChI=1S/C23H21FN2O4S/c1-30-18-9-11-19(12-10-18)31(28,29)26-14-4-5-16-15-17(8-13-22(16)26)25-23(27)20-6-2-3-7-21(20)24/h2-3,6-13,15H,4-5,14H2,1H3,(H,25,27). The highest BCUT2D eigenvalue weighted by molar-refractivity contribution is 7.92. The molecular formula is C23H21FN2O4S. The molecule has 3 aromatic rings. The Morgan fingerprint density at radius 2 is 1.81 bits per heavy atom.